The van der Waals surface area contributed by atoms with Crippen molar-refractivity contribution in [3.63, 3.8) is 0 Å². The Kier molecular flexibility index (Phi) is 3.70. The third kappa shape index (κ3) is 3.40. The van der Waals surface area contributed by atoms with Crippen LogP contribution in [0.3, 0.4) is 0 Å². The van der Waals surface area contributed by atoms with E-state index >= 15 is 0 Å². The molecular weight excluding hydrogens is 248 g/mol. The first-order valence-corrected chi connectivity index (χ1v) is 7.49. The van der Waals surface area contributed by atoms with Crippen LogP contribution in [0.4, 0.5) is 0 Å². The predicted molar refractivity (Wildman–Crippen MR) is 58.2 cm³/mol. The van der Waals surface area contributed by atoms with Gasteiger partial charge in [-0.15, -0.1) is 0 Å². The van der Waals surface area contributed by atoms with E-state index in [0.29, 0.717) is 19.3 Å². The predicted octanol–water partition coefficient (Wildman–Crippen LogP) is 0.0274. The number of carboxylic acids is 1. The summed E-state index contributed by atoms with van der Waals surface area (Å²) in [5.41, 5.74) is 0. The van der Waals surface area contributed by atoms with Crippen molar-refractivity contribution >= 4 is 15.8 Å². The van der Waals surface area contributed by atoms with Crippen LogP contribution in [0.5, 0.6) is 0 Å². The molecule has 0 aromatic heterocycles. The number of hydrogen-bond acceptors (Lipinski definition) is 5. The molecule has 0 saturated carbocycles. The van der Waals surface area contributed by atoms with Gasteiger partial charge in [0, 0.05) is 6.42 Å². The van der Waals surface area contributed by atoms with Crippen LogP contribution in [0, 0.1) is 5.92 Å². The Hall–Kier alpha value is -0.660. The molecule has 0 aromatic carbocycles. The summed E-state index contributed by atoms with van der Waals surface area (Å²) in [6.45, 7) is 0.0744. The number of hydrogen-bond donors (Lipinski definition) is 1. The number of ether oxygens (including phenoxy) is 2. The van der Waals surface area contributed by atoms with E-state index in [4.69, 9.17) is 14.6 Å². The normalized spacial score (nSPS) is 33.6. The van der Waals surface area contributed by atoms with Crippen molar-refractivity contribution in [2.24, 2.45) is 5.92 Å². The van der Waals surface area contributed by atoms with Crippen molar-refractivity contribution in [1.82, 2.24) is 0 Å². The lowest BCUT2D eigenvalue weighted by molar-refractivity contribution is -0.151. The number of carbonyl (C=O) groups is 1. The van der Waals surface area contributed by atoms with E-state index in [1.54, 1.807) is 0 Å². The lowest BCUT2D eigenvalue weighted by atomic mass is 9.99. The standard InChI is InChI=1S/C10H16O6S/c11-10(12)8-6-15-9(16-8)5-7-1-3-17(13,14)4-2-7/h7-9H,1-6H2,(H,11,12). The van der Waals surface area contributed by atoms with Gasteiger partial charge in [-0.05, 0) is 18.8 Å². The Bertz CT molecular complexity index is 376. The van der Waals surface area contributed by atoms with Crippen LogP contribution in [-0.4, -0.2) is 50.0 Å². The molecule has 2 saturated heterocycles. The molecule has 0 aromatic rings. The fourth-order valence-electron chi connectivity index (χ4n) is 2.16. The maximum absolute atomic E-state index is 11.2. The number of rotatable bonds is 3. The lowest BCUT2D eigenvalue weighted by Gasteiger charge is -2.23. The van der Waals surface area contributed by atoms with Crippen molar-refractivity contribution in [3.05, 3.63) is 0 Å². The Balaban J connectivity index is 1.78. The molecule has 7 heteroatoms. The smallest absolute Gasteiger partial charge is 0.335 e. The number of carboxylic acid groups (broad SMARTS) is 1. The van der Waals surface area contributed by atoms with E-state index in [1.165, 1.54) is 0 Å². The van der Waals surface area contributed by atoms with Gasteiger partial charge in [-0.2, -0.15) is 0 Å². The van der Waals surface area contributed by atoms with E-state index in [-0.39, 0.29) is 24.0 Å². The maximum Gasteiger partial charge on any atom is 0.335 e. The van der Waals surface area contributed by atoms with Gasteiger partial charge in [0.1, 0.15) is 9.84 Å². The van der Waals surface area contributed by atoms with Crippen molar-refractivity contribution in [1.29, 1.82) is 0 Å². The van der Waals surface area contributed by atoms with E-state index in [2.05, 4.69) is 0 Å². The van der Waals surface area contributed by atoms with Crippen LogP contribution in [0.15, 0.2) is 0 Å². The highest BCUT2D eigenvalue weighted by Crippen LogP contribution is 2.27. The van der Waals surface area contributed by atoms with Gasteiger partial charge in [0.25, 0.3) is 0 Å². The topological polar surface area (TPSA) is 89.9 Å². The molecule has 2 aliphatic rings. The third-order valence-electron chi connectivity index (χ3n) is 3.22. The van der Waals surface area contributed by atoms with Gasteiger partial charge in [0.05, 0.1) is 18.1 Å². The van der Waals surface area contributed by atoms with Crippen LogP contribution in [0.1, 0.15) is 19.3 Å². The molecule has 1 N–H and O–H groups in total. The van der Waals surface area contributed by atoms with Crippen LogP contribution in [0.2, 0.25) is 0 Å². The van der Waals surface area contributed by atoms with Crippen LogP contribution in [-0.2, 0) is 24.1 Å². The molecule has 0 radical (unpaired) electrons. The first-order valence-electron chi connectivity index (χ1n) is 5.66. The molecule has 98 valence electrons. The second kappa shape index (κ2) is 4.91. The number of sulfone groups is 1. The average Bonchev–Trinajstić information content (AvgIpc) is 2.70. The molecule has 17 heavy (non-hydrogen) atoms. The summed E-state index contributed by atoms with van der Waals surface area (Å²) < 4.78 is 32.9. The average molecular weight is 264 g/mol. The highest BCUT2D eigenvalue weighted by atomic mass is 32.2. The maximum atomic E-state index is 11.2. The highest BCUT2D eigenvalue weighted by molar-refractivity contribution is 7.91. The van der Waals surface area contributed by atoms with Crippen molar-refractivity contribution in [3.8, 4) is 0 Å². The molecule has 0 spiro atoms. The molecule has 0 bridgehead atoms. The first kappa shape index (κ1) is 12.8. The molecule has 0 aliphatic carbocycles. The Labute approximate surface area is 99.8 Å². The second-order valence-corrected chi connectivity index (χ2v) is 6.86. The Morgan fingerprint density at radius 2 is 1.94 bits per heavy atom. The summed E-state index contributed by atoms with van der Waals surface area (Å²) in [6.07, 6.45) is 0.431. The minimum atomic E-state index is -2.85. The van der Waals surface area contributed by atoms with Gasteiger partial charge in [-0.3, -0.25) is 0 Å². The van der Waals surface area contributed by atoms with Gasteiger partial charge in [-0.25, -0.2) is 13.2 Å². The van der Waals surface area contributed by atoms with Crippen molar-refractivity contribution in [2.45, 2.75) is 31.7 Å². The van der Waals surface area contributed by atoms with E-state index in [1.807, 2.05) is 0 Å². The van der Waals surface area contributed by atoms with Crippen molar-refractivity contribution in [2.75, 3.05) is 18.1 Å². The molecule has 0 amide bonds. The summed E-state index contributed by atoms with van der Waals surface area (Å²) in [4.78, 5) is 10.6. The van der Waals surface area contributed by atoms with Crippen LogP contribution >= 0.6 is 0 Å². The van der Waals surface area contributed by atoms with E-state index in [9.17, 15) is 13.2 Å². The molecular formula is C10H16O6S. The minimum Gasteiger partial charge on any atom is -0.479 e. The summed E-state index contributed by atoms with van der Waals surface area (Å²) in [5.74, 6) is -0.339. The summed E-state index contributed by atoms with van der Waals surface area (Å²) >= 11 is 0. The molecule has 2 heterocycles. The zero-order valence-electron chi connectivity index (χ0n) is 9.37. The van der Waals surface area contributed by atoms with E-state index < -0.39 is 28.2 Å². The number of aliphatic carboxylic acids is 1. The molecule has 2 rings (SSSR count). The van der Waals surface area contributed by atoms with Crippen LogP contribution < -0.4 is 0 Å². The van der Waals surface area contributed by atoms with Gasteiger partial charge in [-0.1, -0.05) is 0 Å². The van der Waals surface area contributed by atoms with Crippen LogP contribution in [0.25, 0.3) is 0 Å². The summed E-state index contributed by atoms with van der Waals surface area (Å²) in [5, 5.41) is 8.72. The Morgan fingerprint density at radius 1 is 1.29 bits per heavy atom. The zero-order chi connectivity index (χ0) is 12.5. The SMILES string of the molecule is O=C(O)C1COC(CC2CCS(=O)(=O)CC2)O1. The minimum absolute atomic E-state index is 0.0744. The molecule has 6 nitrogen and oxygen atoms in total. The molecule has 2 unspecified atom stereocenters. The zero-order valence-corrected chi connectivity index (χ0v) is 10.2. The fourth-order valence-corrected chi connectivity index (χ4v) is 3.75. The van der Waals surface area contributed by atoms with Gasteiger partial charge in [0.15, 0.2) is 12.4 Å². The lowest BCUT2D eigenvalue weighted by Crippen LogP contribution is -2.27. The fraction of sp³-hybridized carbons (Fsp3) is 0.900. The van der Waals surface area contributed by atoms with E-state index in [0.717, 1.165) is 0 Å². The van der Waals surface area contributed by atoms with Crippen molar-refractivity contribution < 1.29 is 27.8 Å². The Morgan fingerprint density at radius 3 is 2.47 bits per heavy atom. The van der Waals surface area contributed by atoms with Gasteiger partial charge in [0.2, 0.25) is 0 Å². The monoisotopic (exact) mass is 264 g/mol. The largest absolute Gasteiger partial charge is 0.479 e. The summed E-state index contributed by atoms with van der Waals surface area (Å²) in [6, 6.07) is 0. The molecule has 2 aliphatic heterocycles. The first-order chi connectivity index (χ1) is 7.96. The highest BCUT2D eigenvalue weighted by Gasteiger charge is 2.34. The second-order valence-electron chi connectivity index (χ2n) is 4.56. The molecule has 2 atom stereocenters. The van der Waals surface area contributed by atoms with Gasteiger partial charge >= 0.3 is 5.97 Å². The molecule has 2 fully saturated rings. The quantitative estimate of drug-likeness (QED) is 0.773. The summed E-state index contributed by atoms with van der Waals surface area (Å²) in [7, 11) is -2.85. The van der Waals surface area contributed by atoms with Gasteiger partial charge < -0.3 is 14.6 Å². The third-order valence-corrected chi connectivity index (χ3v) is 4.94.